The van der Waals surface area contributed by atoms with Gasteiger partial charge in [0.2, 0.25) is 41.4 Å². The number of guanidine groups is 1. The molecule has 2 heterocycles. The molecule has 1 aromatic heterocycles. The molecule has 25 heteroatoms. The summed E-state index contributed by atoms with van der Waals surface area (Å²) in [6.07, 6.45) is 4.48. The fourth-order valence-electron chi connectivity index (χ4n) is 7.61. The molecule has 16 N–H and O–H groups in total. The number of aliphatic hydroxyl groups excluding tert-OH is 1. The third-order valence-electron chi connectivity index (χ3n) is 11.4. The second kappa shape index (κ2) is 29.7. The number of aliphatic carboxylic acids is 1. The molecule has 7 amide bonds. The molecule has 2 aromatic rings. The van der Waals surface area contributed by atoms with Crippen LogP contribution in [-0.4, -0.2) is 163 Å². The Bertz CT molecular complexity index is 2110. The number of hydrogen-bond donors (Lipinski definition) is 13. The first-order valence-electron chi connectivity index (χ1n) is 23.8. The van der Waals surface area contributed by atoms with Gasteiger partial charge in [-0.1, -0.05) is 46.8 Å². The SMILES string of the molecule is CCCSC[C@H](NC(=O)[C@H](Cc1ccc(O)cc1)NC(=O)[C@@H](NC(=O)[C@H](CCCN=C(N)N)NC(=O)[C@H](N)CO)C(C)C)C(=O)N[C@@H](Cc1cnc[nH]1)C(=O)N1CCC[C@H]1C(=O)N[C@@H](CC(C)C)C(=O)O. The molecule has 0 aliphatic carbocycles. The molecule has 1 aromatic carbocycles. The van der Waals surface area contributed by atoms with Crippen molar-refractivity contribution in [2.24, 2.45) is 34.0 Å². The molecular formula is C46H73N13O11S. The normalized spacial score (nSPS) is 16.4. The number of phenolic OH excluding ortho intramolecular Hbond substituents is 1. The van der Waals surface area contributed by atoms with Crippen LogP contribution in [0.3, 0.4) is 0 Å². The molecular weight excluding hydrogens is 943 g/mol. The highest BCUT2D eigenvalue weighted by Crippen LogP contribution is 2.21. The van der Waals surface area contributed by atoms with E-state index in [0.717, 1.165) is 6.42 Å². The molecule has 0 bridgehead atoms. The summed E-state index contributed by atoms with van der Waals surface area (Å²) in [4.78, 5) is 122. The lowest BCUT2D eigenvalue weighted by Crippen LogP contribution is -2.61. The molecule has 1 aliphatic heterocycles. The molecule has 8 atom stereocenters. The Hall–Kier alpha value is -6.47. The maximum absolute atomic E-state index is 14.5. The number of H-pyrrole nitrogens is 1. The zero-order valence-electron chi connectivity index (χ0n) is 41.0. The van der Waals surface area contributed by atoms with Gasteiger partial charge >= 0.3 is 5.97 Å². The van der Waals surface area contributed by atoms with E-state index in [4.69, 9.17) is 17.2 Å². The van der Waals surface area contributed by atoms with Crippen LogP contribution < -0.4 is 49.1 Å². The van der Waals surface area contributed by atoms with E-state index in [1.165, 1.54) is 41.3 Å². The fraction of sp³-hybridized carbons (Fsp3) is 0.609. The molecule has 1 fully saturated rings. The monoisotopic (exact) mass is 1020 g/mol. The van der Waals surface area contributed by atoms with Crippen molar-refractivity contribution in [2.45, 2.75) is 134 Å². The molecule has 394 valence electrons. The van der Waals surface area contributed by atoms with Gasteiger partial charge in [-0.3, -0.25) is 38.6 Å². The first-order valence-corrected chi connectivity index (χ1v) is 24.9. The molecule has 0 spiro atoms. The number of carbonyl (C=O) groups excluding carboxylic acids is 7. The number of amides is 7. The largest absolute Gasteiger partial charge is 0.508 e. The number of thioether (sulfide) groups is 1. The Balaban J connectivity index is 1.94. The second-order valence-electron chi connectivity index (χ2n) is 18.2. The molecule has 1 saturated heterocycles. The van der Waals surface area contributed by atoms with Crippen molar-refractivity contribution in [2.75, 3.05) is 31.2 Å². The number of nitrogens with one attached hydrogen (secondary N) is 7. The van der Waals surface area contributed by atoms with Crippen LogP contribution in [0.25, 0.3) is 0 Å². The predicted molar refractivity (Wildman–Crippen MR) is 265 cm³/mol. The summed E-state index contributed by atoms with van der Waals surface area (Å²) in [5.74, 6) is -6.62. The van der Waals surface area contributed by atoms with E-state index in [0.29, 0.717) is 23.4 Å². The van der Waals surface area contributed by atoms with Crippen molar-refractivity contribution >= 4 is 65.0 Å². The summed E-state index contributed by atoms with van der Waals surface area (Å²) >= 11 is 1.36. The van der Waals surface area contributed by atoms with E-state index in [9.17, 15) is 53.7 Å². The summed E-state index contributed by atoms with van der Waals surface area (Å²) in [6, 6.07) is -4.12. The van der Waals surface area contributed by atoms with Gasteiger partial charge in [0.1, 0.15) is 54.1 Å². The minimum Gasteiger partial charge on any atom is -0.508 e. The smallest absolute Gasteiger partial charge is 0.326 e. The van der Waals surface area contributed by atoms with Gasteiger partial charge in [-0.2, -0.15) is 11.8 Å². The number of imidazole rings is 1. The number of benzene rings is 1. The Morgan fingerprint density at radius 1 is 0.845 bits per heavy atom. The number of phenols is 1. The Labute approximate surface area is 417 Å². The highest BCUT2D eigenvalue weighted by atomic mass is 32.2. The first kappa shape index (κ1) is 58.8. The number of rotatable bonds is 30. The van der Waals surface area contributed by atoms with Crippen molar-refractivity contribution in [1.82, 2.24) is 46.8 Å². The lowest BCUT2D eigenvalue weighted by Gasteiger charge is -2.31. The van der Waals surface area contributed by atoms with E-state index in [1.54, 1.807) is 26.0 Å². The molecule has 3 rings (SSSR count). The average molecular weight is 1020 g/mol. The topological polar surface area (TPSA) is 392 Å². The quantitative estimate of drug-likeness (QED) is 0.0231. The van der Waals surface area contributed by atoms with Crippen LogP contribution in [0.15, 0.2) is 41.8 Å². The van der Waals surface area contributed by atoms with Gasteiger partial charge in [-0.15, -0.1) is 0 Å². The van der Waals surface area contributed by atoms with Gasteiger partial charge in [0.15, 0.2) is 5.96 Å². The lowest BCUT2D eigenvalue weighted by atomic mass is 9.99. The second-order valence-corrected chi connectivity index (χ2v) is 19.3. The molecule has 0 saturated carbocycles. The zero-order chi connectivity index (χ0) is 52.8. The highest BCUT2D eigenvalue weighted by Gasteiger charge is 2.40. The molecule has 71 heavy (non-hydrogen) atoms. The highest BCUT2D eigenvalue weighted by molar-refractivity contribution is 7.99. The molecule has 1 aliphatic rings. The molecule has 24 nitrogen and oxygen atoms in total. The maximum Gasteiger partial charge on any atom is 0.326 e. The van der Waals surface area contributed by atoms with Gasteiger partial charge in [-0.05, 0) is 73.8 Å². The number of nitrogens with two attached hydrogens (primary N) is 3. The van der Waals surface area contributed by atoms with Crippen LogP contribution in [0.4, 0.5) is 0 Å². The number of aliphatic imine (C=N–C) groups is 1. The van der Waals surface area contributed by atoms with Crippen LogP contribution in [-0.2, 0) is 51.2 Å². The minimum atomic E-state index is -1.38. The molecule has 0 unspecified atom stereocenters. The number of carboxylic acid groups (broad SMARTS) is 1. The van der Waals surface area contributed by atoms with Gasteiger partial charge in [0, 0.05) is 43.6 Å². The number of aromatic hydroxyl groups is 1. The van der Waals surface area contributed by atoms with Gasteiger partial charge in [0.25, 0.3) is 0 Å². The van der Waals surface area contributed by atoms with E-state index in [2.05, 4.69) is 46.9 Å². The van der Waals surface area contributed by atoms with Crippen molar-refractivity contribution in [3.8, 4) is 5.75 Å². The molecule has 0 radical (unpaired) electrons. The van der Waals surface area contributed by atoms with Crippen molar-refractivity contribution in [3.63, 3.8) is 0 Å². The third kappa shape index (κ3) is 19.7. The van der Waals surface area contributed by atoms with Crippen molar-refractivity contribution in [1.29, 1.82) is 0 Å². The van der Waals surface area contributed by atoms with Crippen molar-refractivity contribution < 1.29 is 53.7 Å². The maximum atomic E-state index is 14.5. The Morgan fingerprint density at radius 3 is 2.07 bits per heavy atom. The Morgan fingerprint density at radius 2 is 1.48 bits per heavy atom. The third-order valence-corrected chi connectivity index (χ3v) is 12.7. The lowest BCUT2D eigenvalue weighted by molar-refractivity contribution is -0.145. The number of aromatic nitrogens is 2. The number of likely N-dealkylation sites (tertiary alicyclic amines) is 1. The van der Waals surface area contributed by atoms with Gasteiger partial charge in [0.05, 0.1) is 12.9 Å². The van der Waals surface area contributed by atoms with Crippen LogP contribution in [0.1, 0.15) is 84.4 Å². The number of aliphatic hydroxyl groups is 1. The summed E-state index contributed by atoms with van der Waals surface area (Å²) in [6.45, 7) is 8.45. The Kier molecular flexibility index (Phi) is 24.6. The average Bonchev–Trinajstić information content (AvgIpc) is 4.03. The van der Waals surface area contributed by atoms with E-state index in [1.807, 2.05) is 20.8 Å². The summed E-state index contributed by atoms with van der Waals surface area (Å²) in [5.41, 5.74) is 17.5. The van der Waals surface area contributed by atoms with E-state index >= 15 is 0 Å². The van der Waals surface area contributed by atoms with E-state index in [-0.39, 0.29) is 75.0 Å². The number of nitrogens with zero attached hydrogens (tertiary/aromatic N) is 3. The zero-order valence-corrected chi connectivity index (χ0v) is 41.8. The fourth-order valence-corrected chi connectivity index (χ4v) is 8.54. The minimum absolute atomic E-state index is 0.0122. The van der Waals surface area contributed by atoms with Gasteiger partial charge < -0.3 is 74.3 Å². The first-order chi connectivity index (χ1) is 33.6. The number of aromatic amines is 1. The van der Waals surface area contributed by atoms with Crippen LogP contribution in [0.5, 0.6) is 5.75 Å². The van der Waals surface area contributed by atoms with Crippen LogP contribution >= 0.6 is 11.8 Å². The summed E-state index contributed by atoms with van der Waals surface area (Å²) < 4.78 is 0. The van der Waals surface area contributed by atoms with Crippen LogP contribution in [0, 0.1) is 11.8 Å². The number of carbonyl (C=O) groups is 8. The van der Waals surface area contributed by atoms with E-state index < -0.39 is 108 Å². The van der Waals surface area contributed by atoms with Crippen molar-refractivity contribution in [3.05, 3.63) is 48.0 Å². The van der Waals surface area contributed by atoms with Gasteiger partial charge in [-0.25, -0.2) is 9.78 Å². The summed E-state index contributed by atoms with van der Waals surface area (Å²) in [5, 5.41) is 45.2. The standard InChI is InChI=1S/C46H73N13O11S/c1-6-17-71-23-35(41(65)55-33(20-28-21-50-24-52-28)44(68)59-16-8-10-36(59)42(66)56-34(45(69)70)18-25(2)3)57-40(64)32(19-27-11-13-29(61)14-12-27)54-43(67)37(26(4)5)58-39(63)31(9-7-15-51-46(48)49)53-38(62)30(47)22-60/h11-14,21,24-26,30-37,60-61H,6-10,15-20,22-23,47H2,1-5H3,(H,50,52)(H,53,62)(H,54,67)(H,55,65)(H,56,66)(H,57,64)(H,58,63)(H,69,70)(H4,48,49,51)/t30-,31+,32+,33+,34+,35+,36+,37+/m1/s1. The number of carboxylic acids is 1. The number of hydrogen-bond acceptors (Lipinski definition) is 14. The van der Waals surface area contributed by atoms with Crippen LogP contribution in [0.2, 0.25) is 0 Å². The predicted octanol–water partition coefficient (Wildman–Crippen LogP) is -1.90. The summed E-state index contributed by atoms with van der Waals surface area (Å²) in [7, 11) is 0.